The van der Waals surface area contributed by atoms with Crippen LogP contribution in [0, 0.1) is 5.92 Å². The van der Waals surface area contributed by atoms with Gasteiger partial charge in [0, 0.05) is 0 Å². The van der Waals surface area contributed by atoms with E-state index < -0.39 is 17.8 Å². The maximum Gasteiger partial charge on any atom is 0.433 e. The maximum atomic E-state index is 12.7. The Hall–Kier alpha value is -1.79. The summed E-state index contributed by atoms with van der Waals surface area (Å²) in [5.41, 5.74) is 3.92. The molecule has 0 aromatic carbocycles. The molecule has 0 aliphatic heterocycles. The lowest BCUT2D eigenvalue weighted by Crippen LogP contribution is -2.20. The third-order valence-corrected chi connectivity index (χ3v) is 3.60. The van der Waals surface area contributed by atoms with E-state index in [0.717, 1.165) is 37.8 Å². The average molecular weight is 302 g/mol. The van der Waals surface area contributed by atoms with Crippen LogP contribution < -0.4 is 10.5 Å². The van der Waals surface area contributed by atoms with Gasteiger partial charge in [0.2, 0.25) is 5.88 Å². The Morgan fingerprint density at radius 2 is 1.95 bits per heavy atom. The first kappa shape index (κ1) is 15.6. The zero-order chi connectivity index (χ0) is 15.5. The number of rotatable bonds is 4. The molecule has 0 saturated heterocycles. The summed E-state index contributed by atoms with van der Waals surface area (Å²) in [6, 6.07) is 1.74. The summed E-state index contributed by atoms with van der Waals surface area (Å²) in [5.74, 6) is -0.895. The van der Waals surface area contributed by atoms with Gasteiger partial charge < -0.3 is 10.5 Å². The molecule has 4 nitrogen and oxygen atoms in total. The third kappa shape index (κ3) is 4.09. The molecular weight excluding hydrogens is 285 g/mol. The molecular formula is C14H17F3N2O2. The number of nitrogens with two attached hydrogens (primary N) is 1. The smallest absolute Gasteiger partial charge is 0.433 e. The van der Waals surface area contributed by atoms with E-state index in [1.165, 1.54) is 6.42 Å². The molecule has 0 spiro atoms. The van der Waals surface area contributed by atoms with Crippen molar-refractivity contribution in [3.8, 4) is 5.88 Å². The monoisotopic (exact) mass is 302 g/mol. The second-order valence-corrected chi connectivity index (χ2v) is 5.23. The summed E-state index contributed by atoms with van der Waals surface area (Å²) in [7, 11) is 0. The lowest BCUT2D eigenvalue weighted by atomic mass is 9.90. The molecule has 7 heteroatoms. The lowest BCUT2D eigenvalue weighted by Gasteiger charge is -2.22. The highest BCUT2D eigenvalue weighted by molar-refractivity contribution is 5.95. The van der Waals surface area contributed by atoms with Gasteiger partial charge in [0.25, 0.3) is 5.91 Å². The fraction of sp³-hybridized carbons (Fsp3) is 0.571. The minimum Gasteiger partial charge on any atom is -0.477 e. The van der Waals surface area contributed by atoms with Gasteiger partial charge in [-0.3, -0.25) is 4.79 Å². The molecule has 1 aliphatic rings. The van der Waals surface area contributed by atoms with Crippen LogP contribution in [-0.2, 0) is 6.18 Å². The van der Waals surface area contributed by atoms with Gasteiger partial charge in [0.1, 0.15) is 11.3 Å². The zero-order valence-corrected chi connectivity index (χ0v) is 11.4. The molecule has 2 N–H and O–H groups in total. The third-order valence-electron chi connectivity index (χ3n) is 3.60. The Balaban J connectivity index is 2.16. The largest absolute Gasteiger partial charge is 0.477 e. The number of carbonyl (C=O) groups is 1. The van der Waals surface area contributed by atoms with E-state index in [2.05, 4.69) is 4.98 Å². The number of primary amides is 1. The van der Waals surface area contributed by atoms with Crippen LogP contribution in [0.5, 0.6) is 5.88 Å². The molecule has 1 aliphatic carbocycles. The van der Waals surface area contributed by atoms with Crippen LogP contribution in [0.4, 0.5) is 13.2 Å². The van der Waals surface area contributed by atoms with Crippen molar-refractivity contribution in [3.63, 3.8) is 0 Å². The van der Waals surface area contributed by atoms with Crippen molar-refractivity contribution in [1.82, 2.24) is 4.98 Å². The SMILES string of the molecule is NC(=O)c1ccc(C(F)(F)F)nc1OCC1CCCCC1. The Labute approximate surface area is 120 Å². The van der Waals surface area contributed by atoms with Gasteiger partial charge in [-0.05, 0) is 30.9 Å². The maximum absolute atomic E-state index is 12.7. The molecule has 0 unspecified atom stereocenters. The van der Waals surface area contributed by atoms with Gasteiger partial charge >= 0.3 is 6.18 Å². The van der Waals surface area contributed by atoms with Crippen LogP contribution >= 0.6 is 0 Å². The second-order valence-electron chi connectivity index (χ2n) is 5.23. The molecule has 1 fully saturated rings. The van der Waals surface area contributed by atoms with Crippen LogP contribution in [0.3, 0.4) is 0 Å². The summed E-state index contributed by atoms with van der Waals surface area (Å²) in [4.78, 5) is 14.7. The zero-order valence-electron chi connectivity index (χ0n) is 11.4. The highest BCUT2D eigenvalue weighted by Crippen LogP contribution is 2.31. The number of alkyl halides is 3. The van der Waals surface area contributed by atoms with E-state index in [4.69, 9.17) is 10.5 Å². The van der Waals surface area contributed by atoms with Crippen LogP contribution in [0.2, 0.25) is 0 Å². The van der Waals surface area contributed by atoms with E-state index in [-0.39, 0.29) is 24.0 Å². The number of hydrogen-bond acceptors (Lipinski definition) is 3. The summed E-state index contributed by atoms with van der Waals surface area (Å²) >= 11 is 0. The van der Waals surface area contributed by atoms with Gasteiger partial charge in [-0.2, -0.15) is 13.2 Å². The first-order valence-corrected chi connectivity index (χ1v) is 6.89. The highest BCUT2D eigenvalue weighted by Gasteiger charge is 2.33. The summed E-state index contributed by atoms with van der Waals surface area (Å²) in [5, 5.41) is 0. The van der Waals surface area contributed by atoms with Gasteiger partial charge in [-0.25, -0.2) is 4.98 Å². The Morgan fingerprint density at radius 3 is 2.52 bits per heavy atom. The Morgan fingerprint density at radius 1 is 1.29 bits per heavy atom. The van der Waals surface area contributed by atoms with E-state index in [0.29, 0.717) is 0 Å². The van der Waals surface area contributed by atoms with E-state index in [1.807, 2.05) is 0 Å². The van der Waals surface area contributed by atoms with Crippen molar-refractivity contribution in [2.24, 2.45) is 11.7 Å². The topological polar surface area (TPSA) is 65.2 Å². The first-order valence-electron chi connectivity index (χ1n) is 6.89. The molecule has 1 aromatic rings. The quantitative estimate of drug-likeness (QED) is 0.929. The molecule has 1 aromatic heterocycles. The van der Waals surface area contributed by atoms with Gasteiger partial charge in [-0.1, -0.05) is 19.3 Å². The van der Waals surface area contributed by atoms with Crippen LogP contribution in [0.25, 0.3) is 0 Å². The molecule has 0 bridgehead atoms. The number of hydrogen-bond donors (Lipinski definition) is 1. The fourth-order valence-electron chi connectivity index (χ4n) is 2.45. The van der Waals surface area contributed by atoms with Crippen molar-refractivity contribution >= 4 is 5.91 Å². The van der Waals surface area contributed by atoms with Gasteiger partial charge in [0.15, 0.2) is 0 Å². The molecule has 0 atom stereocenters. The van der Waals surface area contributed by atoms with E-state index in [1.54, 1.807) is 0 Å². The van der Waals surface area contributed by atoms with Crippen molar-refractivity contribution in [2.45, 2.75) is 38.3 Å². The minimum absolute atomic E-state index is 0.126. The van der Waals surface area contributed by atoms with Crippen molar-refractivity contribution in [1.29, 1.82) is 0 Å². The molecule has 116 valence electrons. The summed E-state index contributed by atoms with van der Waals surface area (Å²) in [6.45, 7) is 0.259. The number of aromatic nitrogens is 1. The fourth-order valence-corrected chi connectivity index (χ4v) is 2.45. The predicted octanol–water partition coefficient (Wildman–Crippen LogP) is 3.16. The van der Waals surface area contributed by atoms with Crippen LogP contribution in [-0.4, -0.2) is 17.5 Å². The van der Waals surface area contributed by atoms with E-state index in [9.17, 15) is 18.0 Å². The van der Waals surface area contributed by atoms with Crippen LogP contribution in [0.1, 0.15) is 48.2 Å². The second kappa shape index (κ2) is 6.32. The normalized spacial score (nSPS) is 16.7. The summed E-state index contributed by atoms with van der Waals surface area (Å²) in [6.07, 6.45) is 0.721. The van der Waals surface area contributed by atoms with Crippen molar-refractivity contribution < 1.29 is 22.7 Å². The van der Waals surface area contributed by atoms with Crippen molar-refractivity contribution in [2.75, 3.05) is 6.61 Å². The molecule has 2 rings (SSSR count). The molecule has 21 heavy (non-hydrogen) atoms. The number of nitrogens with zero attached hydrogens (tertiary/aromatic N) is 1. The number of pyridine rings is 1. The van der Waals surface area contributed by atoms with Crippen LogP contribution in [0.15, 0.2) is 12.1 Å². The highest BCUT2D eigenvalue weighted by atomic mass is 19.4. The molecule has 1 amide bonds. The Kier molecular flexibility index (Phi) is 4.69. The van der Waals surface area contributed by atoms with Gasteiger partial charge in [0.05, 0.1) is 6.61 Å². The predicted molar refractivity (Wildman–Crippen MR) is 69.8 cm³/mol. The average Bonchev–Trinajstić information content (AvgIpc) is 2.45. The molecule has 1 heterocycles. The van der Waals surface area contributed by atoms with Crippen molar-refractivity contribution in [3.05, 3.63) is 23.4 Å². The standard InChI is InChI=1S/C14H17F3N2O2/c15-14(16,17)11-7-6-10(12(18)20)13(19-11)21-8-9-4-2-1-3-5-9/h6-7,9H,1-5,8H2,(H2,18,20). The minimum atomic E-state index is -4.58. The molecule has 1 saturated carbocycles. The summed E-state index contributed by atoms with van der Waals surface area (Å²) < 4.78 is 43.3. The number of halogens is 3. The number of ether oxygens (including phenoxy) is 1. The Bertz CT molecular complexity index is 511. The van der Waals surface area contributed by atoms with E-state index >= 15 is 0 Å². The lowest BCUT2D eigenvalue weighted by molar-refractivity contribution is -0.141. The number of amides is 1. The number of carbonyl (C=O) groups excluding carboxylic acids is 1. The van der Waals surface area contributed by atoms with Gasteiger partial charge in [-0.15, -0.1) is 0 Å². The molecule has 0 radical (unpaired) electrons. The first-order chi connectivity index (χ1) is 9.88.